The van der Waals surface area contributed by atoms with E-state index in [1.165, 1.54) is 12.8 Å². The Balaban J connectivity index is 3.70. The largest absolute Gasteiger partial charge is 0.394 e. The highest BCUT2D eigenvalue weighted by atomic mass is 16.4. The molecule has 0 heterocycles. The maximum atomic E-state index is 10.0. The fraction of sp³-hybridized carbons (Fsp3) is 1.00. The van der Waals surface area contributed by atoms with E-state index in [0.717, 1.165) is 64.5 Å². The molecule has 12 heteroatoms. The highest BCUT2D eigenvalue weighted by Crippen LogP contribution is 2.12. The molecule has 0 radical (unpaired) electrons. The van der Waals surface area contributed by atoms with Crippen LogP contribution in [0.15, 0.2) is 0 Å². The van der Waals surface area contributed by atoms with E-state index in [-0.39, 0.29) is 13.1 Å². The van der Waals surface area contributed by atoms with Crippen molar-refractivity contribution in [2.24, 2.45) is 0 Å². The van der Waals surface area contributed by atoms with E-state index in [1.807, 2.05) is 23.9 Å². The molecule has 0 amide bonds. The molecule has 38 heavy (non-hydrogen) atoms. The Bertz CT molecular complexity index is 504. The SMILES string of the molecule is CN(CCCCCCCCCCCCN(C)CC(O)C(O)C(O)C(O)CO)CC(O)C(O)C(O)C(O)CO. The van der Waals surface area contributed by atoms with E-state index in [0.29, 0.717) is 0 Å². The molecule has 0 aliphatic heterocycles. The standard InChI is InChI=1S/C26H56N2O10/c1-27(15-19(31)23(35)25(37)21(33)17-29)13-11-9-7-5-3-4-6-8-10-12-14-28(2)16-20(32)24(36)26(38)22(34)18-30/h19-26,29-38H,3-18H2,1-2H3. The number of rotatable bonds is 25. The third-order valence-electron chi connectivity index (χ3n) is 6.98. The van der Waals surface area contributed by atoms with E-state index in [9.17, 15) is 40.9 Å². The van der Waals surface area contributed by atoms with Crippen LogP contribution >= 0.6 is 0 Å². The lowest BCUT2D eigenvalue weighted by Gasteiger charge is -2.28. The average molecular weight is 557 g/mol. The molecule has 0 aromatic carbocycles. The lowest BCUT2D eigenvalue weighted by molar-refractivity contribution is -0.118. The lowest BCUT2D eigenvalue weighted by atomic mass is 10.0. The van der Waals surface area contributed by atoms with Crippen molar-refractivity contribution >= 4 is 0 Å². The fourth-order valence-corrected chi connectivity index (χ4v) is 4.34. The minimum atomic E-state index is -1.60. The predicted molar refractivity (Wildman–Crippen MR) is 143 cm³/mol. The predicted octanol–water partition coefficient (Wildman–Crippen LogP) is -2.38. The van der Waals surface area contributed by atoms with Crippen LogP contribution in [0.5, 0.6) is 0 Å². The third-order valence-corrected chi connectivity index (χ3v) is 6.98. The van der Waals surface area contributed by atoms with Gasteiger partial charge in [0.05, 0.1) is 25.4 Å². The maximum Gasteiger partial charge on any atom is 0.111 e. The Morgan fingerprint density at radius 3 is 0.895 bits per heavy atom. The number of aliphatic hydroxyl groups is 10. The molecule has 0 saturated carbocycles. The number of unbranched alkanes of at least 4 members (excludes halogenated alkanes) is 9. The van der Waals surface area contributed by atoms with Crippen molar-refractivity contribution in [3.8, 4) is 0 Å². The van der Waals surface area contributed by atoms with E-state index >= 15 is 0 Å². The summed E-state index contributed by atoms with van der Waals surface area (Å²) < 4.78 is 0. The molecular formula is C26H56N2O10. The second-order valence-electron chi connectivity index (χ2n) is 10.7. The number of likely N-dealkylation sites (N-methyl/N-ethyl adjacent to an activating group) is 2. The molecule has 0 aromatic heterocycles. The van der Waals surface area contributed by atoms with Crippen LogP contribution in [0.3, 0.4) is 0 Å². The van der Waals surface area contributed by atoms with Gasteiger partial charge in [-0.25, -0.2) is 0 Å². The van der Waals surface area contributed by atoms with Gasteiger partial charge >= 0.3 is 0 Å². The van der Waals surface area contributed by atoms with Crippen molar-refractivity contribution in [2.45, 2.75) is 113 Å². The van der Waals surface area contributed by atoms with Crippen LogP contribution in [0.2, 0.25) is 0 Å². The molecule has 0 bridgehead atoms. The lowest BCUT2D eigenvalue weighted by Crippen LogP contribution is -2.49. The van der Waals surface area contributed by atoms with Crippen molar-refractivity contribution in [3.05, 3.63) is 0 Å². The molecule has 0 aliphatic rings. The van der Waals surface area contributed by atoms with Gasteiger partial charge in [0.2, 0.25) is 0 Å². The molecule has 0 fully saturated rings. The molecule has 0 rings (SSSR count). The molecule has 0 spiro atoms. The molecule has 8 unspecified atom stereocenters. The van der Waals surface area contributed by atoms with Gasteiger partial charge in [-0.3, -0.25) is 0 Å². The summed E-state index contributed by atoms with van der Waals surface area (Å²) in [5.41, 5.74) is 0. The summed E-state index contributed by atoms with van der Waals surface area (Å²) in [4.78, 5) is 3.74. The van der Waals surface area contributed by atoms with Crippen LogP contribution in [0.4, 0.5) is 0 Å². The first-order valence-corrected chi connectivity index (χ1v) is 14.0. The Morgan fingerprint density at radius 2 is 0.632 bits per heavy atom. The molecule has 8 atom stereocenters. The second kappa shape index (κ2) is 22.2. The summed E-state index contributed by atoms with van der Waals surface area (Å²) in [5.74, 6) is 0. The van der Waals surface area contributed by atoms with Crippen LogP contribution in [0, 0.1) is 0 Å². The Morgan fingerprint density at radius 1 is 0.395 bits per heavy atom. The summed E-state index contributed by atoms with van der Waals surface area (Å²) in [5, 5.41) is 95.5. The second-order valence-corrected chi connectivity index (χ2v) is 10.7. The molecule has 12 nitrogen and oxygen atoms in total. The minimum absolute atomic E-state index is 0.159. The number of aliphatic hydroxyl groups excluding tert-OH is 10. The monoisotopic (exact) mass is 556 g/mol. The number of nitrogens with zero attached hydrogens (tertiary/aromatic N) is 2. The Labute approximate surface area is 227 Å². The summed E-state index contributed by atoms with van der Waals surface area (Å²) in [7, 11) is 3.64. The van der Waals surface area contributed by atoms with Gasteiger partial charge in [0.25, 0.3) is 0 Å². The van der Waals surface area contributed by atoms with Crippen molar-refractivity contribution < 1.29 is 51.1 Å². The van der Waals surface area contributed by atoms with Crippen LogP contribution < -0.4 is 0 Å². The van der Waals surface area contributed by atoms with Gasteiger partial charge in [-0.1, -0.05) is 51.4 Å². The quantitative estimate of drug-likeness (QED) is 0.0535. The molecule has 230 valence electrons. The van der Waals surface area contributed by atoms with E-state index < -0.39 is 62.0 Å². The first kappa shape index (κ1) is 37.5. The first-order chi connectivity index (χ1) is 18.0. The van der Waals surface area contributed by atoms with E-state index in [1.54, 1.807) is 0 Å². The summed E-state index contributed by atoms with van der Waals surface area (Å²) in [6.07, 6.45) is -0.678. The third kappa shape index (κ3) is 16.6. The van der Waals surface area contributed by atoms with Gasteiger partial charge in [-0.2, -0.15) is 0 Å². The zero-order chi connectivity index (χ0) is 29.1. The van der Waals surface area contributed by atoms with Crippen molar-refractivity contribution in [3.63, 3.8) is 0 Å². The zero-order valence-corrected chi connectivity index (χ0v) is 23.3. The number of hydrogen-bond donors (Lipinski definition) is 10. The highest BCUT2D eigenvalue weighted by molar-refractivity contribution is 4.83. The smallest absolute Gasteiger partial charge is 0.111 e. The van der Waals surface area contributed by atoms with Crippen LogP contribution in [-0.2, 0) is 0 Å². The topological polar surface area (TPSA) is 209 Å². The van der Waals surface area contributed by atoms with Gasteiger partial charge in [-0.05, 0) is 40.0 Å². The summed E-state index contributed by atoms with van der Waals surface area (Å²) >= 11 is 0. The van der Waals surface area contributed by atoms with E-state index in [2.05, 4.69) is 0 Å². The van der Waals surface area contributed by atoms with Gasteiger partial charge in [0.15, 0.2) is 0 Å². The van der Waals surface area contributed by atoms with Crippen LogP contribution in [0.25, 0.3) is 0 Å². The Hall–Kier alpha value is -0.480. The Kier molecular flexibility index (Phi) is 22.0. The minimum Gasteiger partial charge on any atom is -0.394 e. The molecule has 0 saturated heterocycles. The normalized spacial score (nSPS) is 18.8. The highest BCUT2D eigenvalue weighted by Gasteiger charge is 2.31. The van der Waals surface area contributed by atoms with Gasteiger partial charge in [0.1, 0.15) is 36.6 Å². The maximum absolute atomic E-state index is 10.0. The first-order valence-electron chi connectivity index (χ1n) is 14.0. The summed E-state index contributed by atoms with van der Waals surface area (Å²) in [6.45, 7) is 0.436. The van der Waals surface area contributed by atoms with Gasteiger partial charge in [0, 0.05) is 13.1 Å². The van der Waals surface area contributed by atoms with E-state index in [4.69, 9.17) is 10.2 Å². The fourth-order valence-electron chi connectivity index (χ4n) is 4.34. The molecule has 10 N–H and O–H groups in total. The van der Waals surface area contributed by atoms with Gasteiger partial charge < -0.3 is 60.9 Å². The molecular weight excluding hydrogens is 500 g/mol. The average Bonchev–Trinajstić information content (AvgIpc) is 2.90. The summed E-state index contributed by atoms with van der Waals surface area (Å²) in [6, 6.07) is 0. The zero-order valence-electron chi connectivity index (χ0n) is 23.3. The van der Waals surface area contributed by atoms with Crippen LogP contribution in [-0.4, -0.2) is 163 Å². The van der Waals surface area contributed by atoms with Crippen molar-refractivity contribution in [1.29, 1.82) is 0 Å². The van der Waals surface area contributed by atoms with Crippen molar-refractivity contribution in [1.82, 2.24) is 9.80 Å². The van der Waals surface area contributed by atoms with Crippen LogP contribution in [0.1, 0.15) is 64.2 Å². The molecule has 0 aliphatic carbocycles. The molecule has 0 aromatic rings. The van der Waals surface area contributed by atoms with Crippen molar-refractivity contribution in [2.75, 3.05) is 53.5 Å². The number of hydrogen-bond acceptors (Lipinski definition) is 12. The van der Waals surface area contributed by atoms with Gasteiger partial charge in [-0.15, -0.1) is 0 Å².